The first-order valence-corrected chi connectivity index (χ1v) is 5.33. The number of carbonyl (C=O) groups excluding carboxylic acids is 1. The van der Waals surface area contributed by atoms with Crippen LogP contribution in [0.25, 0.3) is 0 Å². The van der Waals surface area contributed by atoms with Crippen LogP contribution < -0.4 is 4.74 Å². The summed E-state index contributed by atoms with van der Waals surface area (Å²) >= 11 is 0. The molecule has 1 heterocycles. The molecule has 0 spiro atoms. The van der Waals surface area contributed by atoms with Crippen LogP contribution >= 0.6 is 0 Å². The van der Waals surface area contributed by atoms with Crippen LogP contribution in [0.1, 0.15) is 26.4 Å². The van der Waals surface area contributed by atoms with E-state index in [1.165, 1.54) is 31.5 Å². The number of ether oxygens (including phenoxy) is 1. The lowest BCUT2D eigenvalue weighted by molar-refractivity contribution is 0.0691. The maximum atomic E-state index is 13.5. The SMILES string of the molecule is COc1ccc(C(=O)c2c[nH]c(C(=O)O)c2)cc1F. The highest BCUT2D eigenvalue weighted by Gasteiger charge is 2.15. The molecule has 6 heteroatoms. The topological polar surface area (TPSA) is 79.4 Å². The van der Waals surface area contributed by atoms with Crippen LogP contribution in [0.4, 0.5) is 4.39 Å². The zero-order valence-corrected chi connectivity index (χ0v) is 9.94. The first-order chi connectivity index (χ1) is 9.02. The smallest absolute Gasteiger partial charge is 0.352 e. The van der Waals surface area contributed by atoms with Crippen LogP contribution in [-0.2, 0) is 0 Å². The fourth-order valence-electron chi connectivity index (χ4n) is 1.62. The molecule has 0 aliphatic rings. The number of carboxylic acids is 1. The van der Waals surface area contributed by atoms with Gasteiger partial charge in [-0.3, -0.25) is 4.79 Å². The third kappa shape index (κ3) is 2.47. The first-order valence-electron chi connectivity index (χ1n) is 5.33. The van der Waals surface area contributed by atoms with Crippen molar-refractivity contribution >= 4 is 11.8 Å². The Morgan fingerprint density at radius 1 is 1.26 bits per heavy atom. The molecule has 0 saturated heterocycles. The normalized spacial score (nSPS) is 10.2. The average molecular weight is 263 g/mol. The molecule has 0 radical (unpaired) electrons. The molecular formula is C13H10FNO4. The van der Waals surface area contributed by atoms with Crippen LogP contribution in [0, 0.1) is 5.82 Å². The van der Waals surface area contributed by atoms with E-state index in [9.17, 15) is 14.0 Å². The van der Waals surface area contributed by atoms with E-state index in [0.29, 0.717) is 0 Å². The van der Waals surface area contributed by atoms with Crippen LogP contribution in [0.3, 0.4) is 0 Å². The number of H-pyrrole nitrogens is 1. The van der Waals surface area contributed by atoms with E-state index in [2.05, 4.69) is 4.98 Å². The highest BCUT2D eigenvalue weighted by atomic mass is 19.1. The molecule has 0 unspecified atom stereocenters. The van der Waals surface area contributed by atoms with Gasteiger partial charge >= 0.3 is 5.97 Å². The maximum absolute atomic E-state index is 13.5. The Bertz CT molecular complexity index is 648. The van der Waals surface area contributed by atoms with E-state index in [1.807, 2.05) is 0 Å². The summed E-state index contributed by atoms with van der Waals surface area (Å²) in [6, 6.07) is 5.01. The van der Waals surface area contributed by atoms with Crippen molar-refractivity contribution in [1.82, 2.24) is 4.98 Å². The fraction of sp³-hybridized carbons (Fsp3) is 0.0769. The predicted molar refractivity (Wildman–Crippen MR) is 64.1 cm³/mol. The number of carboxylic acid groups (broad SMARTS) is 1. The lowest BCUT2D eigenvalue weighted by Gasteiger charge is -2.03. The van der Waals surface area contributed by atoms with Gasteiger partial charge in [0.15, 0.2) is 17.3 Å². The number of aromatic carboxylic acids is 1. The van der Waals surface area contributed by atoms with Gasteiger partial charge in [0.05, 0.1) is 7.11 Å². The highest BCUT2D eigenvalue weighted by Crippen LogP contribution is 2.20. The quantitative estimate of drug-likeness (QED) is 0.828. The summed E-state index contributed by atoms with van der Waals surface area (Å²) in [4.78, 5) is 25.2. The minimum Gasteiger partial charge on any atom is -0.494 e. The number of methoxy groups -OCH3 is 1. The van der Waals surface area contributed by atoms with Gasteiger partial charge in [0, 0.05) is 17.3 Å². The molecule has 0 atom stereocenters. The number of hydrogen-bond donors (Lipinski definition) is 2. The standard InChI is InChI=1S/C13H10FNO4/c1-19-11-3-2-7(4-9(11)14)12(16)8-5-10(13(17)18)15-6-8/h2-6,15H,1H3,(H,17,18). The monoisotopic (exact) mass is 263 g/mol. The van der Waals surface area contributed by atoms with E-state index < -0.39 is 17.6 Å². The molecule has 2 N–H and O–H groups in total. The number of hydrogen-bond acceptors (Lipinski definition) is 3. The van der Waals surface area contributed by atoms with Gasteiger partial charge in [0.2, 0.25) is 0 Å². The Balaban J connectivity index is 2.33. The van der Waals surface area contributed by atoms with E-state index in [4.69, 9.17) is 9.84 Å². The number of rotatable bonds is 4. The number of nitrogens with one attached hydrogen (secondary N) is 1. The molecule has 19 heavy (non-hydrogen) atoms. The maximum Gasteiger partial charge on any atom is 0.352 e. The van der Waals surface area contributed by atoms with Gasteiger partial charge in [0.25, 0.3) is 0 Å². The van der Waals surface area contributed by atoms with E-state index >= 15 is 0 Å². The molecule has 1 aromatic carbocycles. The van der Waals surface area contributed by atoms with Crippen molar-refractivity contribution < 1.29 is 23.8 Å². The lowest BCUT2D eigenvalue weighted by Crippen LogP contribution is -2.01. The molecule has 0 saturated carbocycles. The Labute approximate surface area is 107 Å². The Morgan fingerprint density at radius 3 is 2.53 bits per heavy atom. The molecule has 0 amide bonds. The Morgan fingerprint density at radius 2 is 2.00 bits per heavy atom. The van der Waals surface area contributed by atoms with Gasteiger partial charge in [-0.2, -0.15) is 0 Å². The summed E-state index contributed by atoms with van der Waals surface area (Å²) in [5.41, 5.74) is 0.175. The van der Waals surface area contributed by atoms with Crippen LogP contribution in [-0.4, -0.2) is 29.0 Å². The summed E-state index contributed by atoms with van der Waals surface area (Å²) in [6.07, 6.45) is 1.27. The number of carbonyl (C=O) groups is 2. The van der Waals surface area contributed by atoms with Gasteiger partial charge in [-0.25, -0.2) is 9.18 Å². The minimum absolute atomic E-state index is 0.0387. The average Bonchev–Trinajstić information content (AvgIpc) is 2.87. The highest BCUT2D eigenvalue weighted by molar-refractivity contribution is 6.09. The molecule has 5 nitrogen and oxygen atoms in total. The third-order valence-corrected chi connectivity index (χ3v) is 2.59. The van der Waals surface area contributed by atoms with Crippen molar-refractivity contribution in [3.63, 3.8) is 0 Å². The van der Waals surface area contributed by atoms with Crippen molar-refractivity contribution in [2.75, 3.05) is 7.11 Å². The van der Waals surface area contributed by atoms with Gasteiger partial charge in [-0.05, 0) is 24.3 Å². The Hall–Kier alpha value is -2.63. The van der Waals surface area contributed by atoms with Crippen molar-refractivity contribution in [1.29, 1.82) is 0 Å². The lowest BCUT2D eigenvalue weighted by atomic mass is 10.1. The molecule has 0 aliphatic carbocycles. The van der Waals surface area contributed by atoms with Gasteiger partial charge < -0.3 is 14.8 Å². The van der Waals surface area contributed by atoms with Crippen molar-refractivity contribution in [3.8, 4) is 5.75 Å². The number of aromatic amines is 1. The largest absolute Gasteiger partial charge is 0.494 e. The van der Waals surface area contributed by atoms with E-state index in [0.717, 1.165) is 6.07 Å². The van der Waals surface area contributed by atoms with Crippen LogP contribution in [0.2, 0.25) is 0 Å². The number of halogens is 1. The summed E-state index contributed by atoms with van der Waals surface area (Å²) in [5.74, 6) is -2.25. The second-order valence-corrected chi connectivity index (χ2v) is 3.79. The number of aromatic nitrogens is 1. The molecule has 1 aromatic heterocycles. The van der Waals surface area contributed by atoms with E-state index in [1.54, 1.807) is 0 Å². The molecule has 0 bridgehead atoms. The summed E-state index contributed by atoms with van der Waals surface area (Å²) in [6.45, 7) is 0. The van der Waals surface area contributed by atoms with Crippen molar-refractivity contribution in [2.24, 2.45) is 0 Å². The number of ketones is 1. The Kier molecular flexibility index (Phi) is 3.33. The van der Waals surface area contributed by atoms with Crippen molar-refractivity contribution in [3.05, 3.63) is 53.1 Å². The summed E-state index contributed by atoms with van der Waals surface area (Å²) < 4.78 is 18.2. The zero-order valence-electron chi connectivity index (χ0n) is 9.94. The van der Waals surface area contributed by atoms with Gasteiger partial charge in [-0.15, -0.1) is 0 Å². The molecule has 0 aliphatic heterocycles. The molecule has 98 valence electrons. The fourth-order valence-corrected chi connectivity index (χ4v) is 1.62. The molecule has 2 aromatic rings. The minimum atomic E-state index is -1.17. The summed E-state index contributed by atoms with van der Waals surface area (Å²) in [7, 11) is 1.32. The molecule has 0 fully saturated rings. The molecular weight excluding hydrogens is 253 g/mol. The third-order valence-electron chi connectivity index (χ3n) is 2.59. The van der Waals surface area contributed by atoms with E-state index in [-0.39, 0.29) is 22.6 Å². The second kappa shape index (κ2) is 4.93. The van der Waals surface area contributed by atoms with Crippen molar-refractivity contribution in [2.45, 2.75) is 0 Å². The van der Waals surface area contributed by atoms with Gasteiger partial charge in [-0.1, -0.05) is 0 Å². The number of benzene rings is 1. The van der Waals surface area contributed by atoms with Crippen LogP contribution in [0.15, 0.2) is 30.5 Å². The van der Waals surface area contributed by atoms with Gasteiger partial charge in [0.1, 0.15) is 5.69 Å². The first kappa shape index (κ1) is 12.8. The van der Waals surface area contributed by atoms with Crippen LogP contribution in [0.5, 0.6) is 5.75 Å². The summed E-state index contributed by atoms with van der Waals surface area (Å²) in [5, 5.41) is 8.74. The predicted octanol–water partition coefficient (Wildman–Crippen LogP) is 2.09. The molecule has 2 rings (SSSR count). The second-order valence-electron chi connectivity index (χ2n) is 3.79. The zero-order chi connectivity index (χ0) is 14.0.